The lowest BCUT2D eigenvalue weighted by atomic mass is 10.2. The van der Waals surface area contributed by atoms with Crippen LogP contribution in [0, 0.1) is 3.57 Å². The molecule has 0 spiro atoms. The molecule has 1 aromatic heterocycles. The molecule has 0 bridgehead atoms. The van der Waals surface area contributed by atoms with Crippen molar-refractivity contribution in [2.24, 2.45) is 7.05 Å². The second-order valence-electron chi connectivity index (χ2n) is 3.55. The summed E-state index contributed by atoms with van der Waals surface area (Å²) in [6.07, 6.45) is 0. The van der Waals surface area contributed by atoms with Gasteiger partial charge in [-0.05, 0) is 34.7 Å². The van der Waals surface area contributed by atoms with Crippen LogP contribution >= 0.6 is 34.4 Å². The van der Waals surface area contributed by atoms with Crippen LogP contribution in [-0.4, -0.2) is 31.6 Å². The number of carbonyl (C=O) groups is 1. The normalized spacial score (nSPS) is 10.6. The third kappa shape index (κ3) is 3.02. The Balaban J connectivity index is 2.25. The molecule has 1 N–H and O–H groups in total. The largest absolute Gasteiger partial charge is 0.481 e. The number of nitrogens with zero attached hydrogens (tertiary/aromatic N) is 3. The molecular formula is C11H10IN3O2S. The van der Waals surface area contributed by atoms with E-state index in [-0.39, 0.29) is 5.75 Å². The molecule has 7 heteroatoms. The van der Waals surface area contributed by atoms with Gasteiger partial charge in [-0.1, -0.05) is 23.9 Å². The van der Waals surface area contributed by atoms with Crippen LogP contribution in [0.1, 0.15) is 0 Å². The first-order chi connectivity index (χ1) is 8.58. The number of rotatable bonds is 4. The average molecular weight is 375 g/mol. The Morgan fingerprint density at radius 1 is 1.39 bits per heavy atom. The fraction of sp³-hybridized carbons (Fsp3) is 0.182. The van der Waals surface area contributed by atoms with Crippen LogP contribution in [-0.2, 0) is 11.8 Å². The van der Waals surface area contributed by atoms with Crippen molar-refractivity contribution in [2.45, 2.75) is 5.16 Å². The summed E-state index contributed by atoms with van der Waals surface area (Å²) in [4.78, 5) is 10.5. The molecule has 0 unspecified atom stereocenters. The lowest BCUT2D eigenvalue weighted by molar-refractivity contribution is -0.133. The van der Waals surface area contributed by atoms with E-state index in [0.29, 0.717) is 5.16 Å². The van der Waals surface area contributed by atoms with E-state index in [1.807, 2.05) is 31.3 Å². The topological polar surface area (TPSA) is 68.0 Å². The summed E-state index contributed by atoms with van der Waals surface area (Å²) in [6, 6.07) is 7.93. The number of hydrogen-bond donors (Lipinski definition) is 1. The molecule has 2 rings (SSSR count). The SMILES string of the molecule is Cn1c(SCC(=O)O)nnc1-c1ccc(I)cc1. The van der Waals surface area contributed by atoms with Gasteiger partial charge in [0.05, 0.1) is 5.75 Å². The van der Waals surface area contributed by atoms with Gasteiger partial charge in [0.15, 0.2) is 11.0 Å². The molecule has 94 valence electrons. The Hall–Kier alpha value is -1.09. The minimum absolute atomic E-state index is 0.0152. The summed E-state index contributed by atoms with van der Waals surface area (Å²) in [6.45, 7) is 0. The molecule has 0 aliphatic carbocycles. The quantitative estimate of drug-likeness (QED) is 0.656. The van der Waals surface area contributed by atoms with Gasteiger partial charge in [-0.15, -0.1) is 10.2 Å². The maximum absolute atomic E-state index is 10.5. The first-order valence-electron chi connectivity index (χ1n) is 5.08. The van der Waals surface area contributed by atoms with Crippen molar-refractivity contribution in [3.8, 4) is 11.4 Å². The first kappa shape index (κ1) is 13.3. The maximum atomic E-state index is 10.5. The zero-order valence-electron chi connectivity index (χ0n) is 9.50. The summed E-state index contributed by atoms with van der Waals surface area (Å²) >= 11 is 3.40. The smallest absolute Gasteiger partial charge is 0.313 e. The lowest BCUT2D eigenvalue weighted by Gasteiger charge is -2.02. The highest BCUT2D eigenvalue weighted by Crippen LogP contribution is 2.23. The van der Waals surface area contributed by atoms with E-state index in [1.165, 1.54) is 0 Å². The molecule has 1 heterocycles. The average Bonchev–Trinajstić information content (AvgIpc) is 2.69. The molecule has 0 aliphatic rings. The summed E-state index contributed by atoms with van der Waals surface area (Å²) < 4.78 is 2.95. The van der Waals surface area contributed by atoms with Gasteiger partial charge in [0.2, 0.25) is 0 Å². The molecule has 0 saturated carbocycles. The maximum Gasteiger partial charge on any atom is 0.313 e. The molecule has 0 atom stereocenters. The molecule has 1 aromatic carbocycles. The van der Waals surface area contributed by atoms with Crippen molar-refractivity contribution >= 4 is 40.3 Å². The minimum atomic E-state index is -0.862. The Bertz CT molecular complexity index is 568. The van der Waals surface area contributed by atoms with Gasteiger partial charge in [-0.25, -0.2) is 0 Å². The Kier molecular flexibility index (Phi) is 4.23. The van der Waals surface area contributed by atoms with Crippen molar-refractivity contribution in [2.75, 3.05) is 5.75 Å². The molecule has 5 nitrogen and oxygen atoms in total. The fourth-order valence-corrected chi connectivity index (χ4v) is 2.41. The number of aliphatic carboxylic acids is 1. The predicted molar refractivity (Wildman–Crippen MR) is 77.5 cm³/mol. The van der Waals surface area contributed by atoms with Crippen molar-refractivity contribution < 1.29 is 9.90 Å². The van der Waals surface area contributed by atoms with Crippen LogP contribution in [0.15, 0.2) is 29.4 Å². The Morgan fingerprint density at radius 3 is 2.67 bits per heavy atom. The highest BCUT2D eigenvalue weighted by atomic mass is 127. The zero-order valence-corrected chi connectivity index (χ0v) is 12.5. The summed E-state index contributed by atoms with van der Waals surface area (Å²) in [5.41, 5.74) is 0.965. The van der Waals surface area contributed by atoms with E-state index in [9.17, 15) is 4.79 Å². The minimum Gasteiger partial charge on any atom is -0.481 e. The number of aromatic nitrogens is 3. The van der Waals surface area contributed by atoms with Crippen LogP contribution in [0.4, 0.5) is 0 Å². The van der Waals surface area contributed by atoms with Crippen LogP contribution in [0.2, 0.25) is 0 Å². The van der Waals surface area contributed by atoms with Crippen LogP contribution in [0.25, 0.3) is 11.4 Å². The number of halogens is 1. The second-order valence-corrected chi connectivity index (χ2v) is 5.74. The summed E-state index contributed by atoms with van der Waals surface area (Å²) in [5.74, 6) is -0.142. The van der Waals surface area contributed by atoms with E-state index in [4.69, 9.17) is 5.11 Å². The fourth-order valence-electron chi connectivity index (χ4n) is 1.42. The summed E-state index contributed by atoms with van der Waals surface area (Å²) in [7, 11) is 1.83. The number of benzene rings is 1. The van der Waals surface area contributed by atoms with E-state index >= 15 is 0 Å². The Morgan fingerprint density at radius 2 is 2.06 bits per heavy atom. The van der Waals surface area contributed by atoms with Crippen molar-refractivity contribution in [1.82, 2.24) is 14.8 Å². The standard InChI is InChI=1S/C11H10IN3O2S/c1-15-10(7-2-4-8(12)5-3-7)13-14-11(15)18-6-9(16)17/h2-5H,6H2,1H3,(H,16,17). The van der Waals surface area contributed by atoms with Crippen LogP contribution in [0.3, 0.4) is 0 Å². The van der Waals surface area contributed by atoms with E-state index in [2.05, 4.69) is 32.8 Å². The van der Waals surface area contributed by atoms with E-state index in [0.717, 1.165) is 26.7 Å². The van der Waals surface area contributed by atoms with Crippen LogP contribution in [0.5, 0.6) is 0 Å². The molecule has 0 radical (unpaired) electrons. The van der Waals surface area contributed by atoms with Crippen LogP contribution < -0.4 is 0 Å². The molecule has 0 saturated heterocycles. The highest BCUT2D eigenvalue weighted by molar-refractivity contribution is 14.1. The van der Waals surface area contributed by atoms with Gasteiger partial charge in [0.25, 0.3) is 0 Å². The molecule has 0 fully saturated rings. The van der Waals surface area contributed by atoms with Gasteiger partial charge in [-0.3, -0.25) is 4.79 Å². The number of carboxylic acids is 1. The third-order valence-electron chi connectivity index (χ3n) is 2.26. The van der Waals surface area contributed by atoms with Crippen molar-refractivity contribution in [3.05, 3.63) is 27.8 Å². The first-order valence-corrected chi connectivity index (χ1v) is 7.14. The monoisotopic (exact) mass is 375 g/mol. The third-order valence-corrected chi connectivity index (χ3v) is 3.99. The number of thioether (sulfide) groups is 1. The highest BCUT2D eigenvalue weighted by Gasteiger charge is 2.12. The predicted octanol–water partition coefficient (Wildman–Crippen LogP) is 2.26. The lowest BCUT2D eigenvalue weighted by Crippen LogP contribution is -2.00. The number of carboxylic acid groups (broad SMARTS) is 1. The van der Waals surface area contributed by atoms with Gasteiger partial charge in [0.1, 0.15) is 0 Å². The van der Waals surface area contributed by atoms with Crippen molar-refractivity contribution in [3.63, 3.8) is 0 Å². The molecule has 18 heavy (non-hydrogen) atoms. The zero-order chi connectivity index (χ0) is 13.1. The van der Waals surface area contributed by atoms with Gasteiger partial charge >= 0.3 is 5.97 Å². The molecule has 0 aliphatic heterocycles. The van der Waals surface area contributed by atoms with Gasteiger partial charge in [0, 0.05) is 16.2 Å². The molecule has 0 amide bonds. The van der Waals surface area contributed by atoms with E-state index in [1.54, 1.807) is 4.57 Å². The van der Waals surface area contributed by atoms with Crippen molar-refractivity contribution in [1.29, 1.82) is 0 Å². The Labute approximate surface area is 122 Å². The summed E-state index contributed by atoms with van der Waals surface area (Å²) in [5, 5.41) is 17.3. The second kappa shape index (κ2) is 5.70. The number of hydrogen-bond acceptors (Lipinski definition) is 4. The van der Waals surface area contributed by atoms with E-state index < -0.39 is 5.97 Å². The molecule has 2 aromatic rings. The molecular weight excluding hydrogens is 365 g/mol. The van der Waals surface area contributed by atoms with Gasteiger partial charge in [-0.2, -0.15) is 0 Å². The van der Waals surface area contributed by atoms with Gasteiger partial charge < -0.3 is 9.67 Å².